The molecule has 0 aromatic rings. The van der Waals surface area contributed by atoms with Crippen molar-refractivity contribution in [2.24, 2.45) is 17.3 Å². The van der Waals surface area contributed by atoms with E-state index in [0.29, 0.717) is 24.0 Å². The summed E-state index contributed by atoms with van der Waals surface area (Å²) >= 11 is 0. The normalized spacial score (nSPS) is 51.5. The summed E-state index contributed by atoms with van der Waals surface area (Å²) in [7, 11) is 0. The molecular weight excluding hydrogens is 244 g/mol. The number of carbonyl (C=O) groups excluding carboxylic acids is 1. The first-order valence-corrected chi connectivity index (χ1v) is 6.92. The van der Waals surface area contributed by atoms with E-state index in [1.165, 1.54) is 5.57 Å². The highest BCUT2D eigenvalue weighted by molar-refractivity contribution is 5.90. The maximum atomic E-state index is 11.6. The van der Waals surface area contributed by atoms with E-state index in [0.717, 1.165) is 19.3 Å². The fourth-order valence-electron chi connectivity index (χ4n) is 4.54. The van der Waals surface area contributed by atoms with Crippen molar-refractivity contribution in [3.05, 3.63) is 23.8 Å². The Labute approximate surface area is 112 Å². The van der Waals surface area contributed by atoms with Gasteiger partial charge >= 0.3 is 5.97 Å². The second kappa shape index (κ2) is 3.30. The van der Waals surface area contributed by atoms with E-state index in [4.69, 9.17) is 9.47 Å². The minimum Gasteiger partial charge on any atom is -0.423 e. The van der Waals surface area contributed by atoms with Crippen LogP contribution in [0.1, 0.15) is 26.2 Å². The van der Waals surface area contributed by atoms with Gasteiger partial charge in [0.1, 0.15) is 6.10 Å². The molecule has 4 heteroatoms. The van der Waals surface area contributed by atoms with Gasteiger partial charge in [-0.2, -0.15) is 0 Å². The molecular formula is C15H18O4. The Morgan fingerprint density at radius 1 is 1.53 bits per heavy atom. The first kappa shape index (κ1) is 11.7. The van der Waals surface area contributed by atoms with E-state index in [1.54, 1.807) is 13.0 Å². The third-order valence-corrected chi connectivity index (χ3v) is 5.67. The van der Waals surface area contributed by atoms with Crippen LogP contribution in [0.4, 0.5) is 0 Å². The van der Waals surface area contributed by atoms with Crippen molar-refractivity contribution >= 4 is 5.97 Å². The van der Waals surface area contributed by atoms with Crippen LogP contribution in [0.2, 0.25) is 0 Å². The van der Waals surface area contributed by atoms with E-state index in [-0.39, 0.29) is 11.4 Å². The molecule has 0 amide bonds. The molecule has 2 bridgehead atoms. The van der Waals surface area contributed by atoms with Gasteiger partial charge in [0.05, 0.1) is 6.61 Å². The van der Waals surface area contributed by atoms with Gasteiger partial charge < -0.3 is 14.6 Å². The van der Waals surface area contributed by atoms with Crippen LogP contribution in [-0.4, -0.2) is 29.6 Å². The van der Waals surface area contributed by atoms with Crippen LogP contribution in [0.5, 0.6) is 0 Å². The standard InChI is InChI=1S/C15H18O4/c1-8-3-4-10-5-11(8)14(10)7-18-15(13(14)17)6-9(2)12(16)19-15/h6,10-11,13,17H,1,3-5,7H2,2H3/t10?,11?,13-,14?,15-/m0/s1. The van der Waals surface area contributed by atoms with Crippen molar-refractivity contribution in [2.75, 3.05) is 6.61 Å². The number of carbonyl (C=O) groups is 1. The summed E-state index contributed by atoms with van der Waals surface area (Å²) in [5.41, 5.74) is 1.45. The highest BCUT2D eigenvalue weighted by Gasteiger charge is 2.72. The summed E-state index contributed by atoms with van der Waals surface area (Å²) in [4.78, 5) is 11.6. The summed E-state index contributed by atoms with van der Waals surface area (Å²) in [5, 5.41) is 10.8. The number of aliphatic hydroxyl groups is 1. The molecule has 4 nitrogen and oxygen atoms in total. The molecule has 0 aromatic heterocycles. The number of esters is 1. The first-order valence-electron chi connectivity index (χ1n) is 6.92. The molecule has 3 aliphatic carbocycles. The monoisotopic (exact) mass is 262 g/mol. The van der Waals surface area contributed by atoms with E-state index < -0.39 is 11.9 Å². The number of hydrogen-bond donors (Lipinski definition) is 1. The average molecular weight is 262 g/mol. The van der Waals surface area contributed by atoms with Crippen molar-refractivity contribution in [3.63, 3.8) is 0 Å². The fourth-order valence-corrected chi connectivity index (χ4v) is 4.54. The highest BCUT2D eigenvalue weighted by atomic mass is 16.7. The third-order valence-electron chi connectivity index (χ3n) is 5.67. The van der Waals surface area contributed by atoms with Crippen molar-refractivity contribution in [1.29, 1.82) is 0 Å². The molecule has 2 spiro atoms. The topological polar surface area (TPSA) is 55.8 Å². The van der Waals surface area contributed by atoms with Gasteiger partial charge in [-0.15, -0.1) is 0 Å². The predicted molar refractivity (Wildman–Crippen MR) is 66.9 cm³/mol. The van der Waals surface area contributed by atoms with Gasteiger partial charge in [-0.05, 0) is 44.1 Å². The molecule has 1 saturated heterocycles. The second-order valence-corrected chi connectivity index (χ2v) is 6.42. The van der Waals surface area contributed by atoms with E-state index in [9.17, 15) is 9.90 Å². The Hall–Kier alpha value is -1.13. The molecule has 2 aliphatic heterocycles. The number of ether oxygens (including phenoxy) is 2. The van der Waals surface area contributed by atoms with Crippen LogP contribution in [0.25, 0.3) is 0 Å². The minimum absolute atomic E-state index is 0.281. The zero-order chi connectivity index (χ0) is 13.4. The average Bonchev–Trinajstić information content (AvgIpc) is 2.80. The van der Waals surface area contributed by atoms with E-state index >= 15 is 0 Å². The summed E-state index contributed by atoms with van der Waals surface area (Å²) < 4.78 is 11.1. The van der Waals surface area contributed by atoms with Crippen molar-refractivity contribution < 1.29 is 19.4 Å². The Bertz CT molecular complexity index is 520. The summed E-state index contributed by atoms with van der Waals surface area (Å²) in [6.45, 7) is 6.29. The minimum atomic E-state index is -1.24. The predicted octanol–water partition coefficient (Wildman–Crippen LogP) is 1.55. The number of rotatable bonds is 0. The maximum Gasteiger partial charge on any atom is 0.336 e. The third kappa shape index (κ3) is 1.15. The van der Waals surface area contributed by atoms with Crippen LogP contribution in [-0.2, 0) is 14.3 Å². The fraction of sp³-hybridized carbons (Fsp3) is 0.667. The molecule has 1 N–H and O–H groups in total. The number of aliphatic hydroxyl groups excluding tert-OH is 1. The Morgan fingerprint density at radius 2 is 2.32 bits per heavy atom. The van der Waals surface area contributed by atoms with Gasteiger partial charge in [0, 0.05) is 11.0 Å². The van der Waals surface area contributed by atoms with Crippen molar-refractivity contribution in [2.45, 2.75) is 38.1 Å². The van der Waals surface area contributed by atoms with Crippen LogP contribution < -0.4 is 0 Å². The van der Waals surface area contributed by atoms with Gasteiger partial charge in [-0.1, -0.05) is 12.2 Å². The van der Waals surface area contributed by atoms with E-state index in [1.807, 2.05) is 0 Å². The van der Waals surface area contributed by atoms with Gasteiger partial charge in [0.25, 0.3) is 5.79 Å². The number of fused-ring (bicyclic) bond motifs is 2. The van der Waals surface area contributed by atoms with Gasteiger partial charge in [-0.3, -0.25) is 0 Å². The Morgan fingerprint density at radius 3 is 2.89 bits per heavy atom. The second-order valence-electron chi connectivity index (χ2n) is 6.42. The quantitative estimate of drug-likeness (QED) is 0.531. The van der Waals surface area contributed by atoms with Crippen LogP contribution in [0.15, 0.2) is 23.8 Å². The number of allylic oxidation sites excluding steroid dienone is 1. The zero-order valence-electron chi connectivity index (χ0n) is 11.0. The highest BCUT2D eigenvalue weighted by Crippen LogP contribution is 2.67. The largest absolute Gasteiger partial charge is 0.423 e. The molecule has 0 radical (unpaired) electrons. The molecule has 5 aliphatic rings. The lowest BCUT2D eigenvalue weighted by molar-refractivity contribution is -0.213. The lowest BCUT2D eigenvalue weighted by Crippen LogP contribution is -2.61. The lowest BCUT2D eigenvalue weighted by Gasteiger charge is -2.60. The first-order chi connectivity index (χ1) is 8.99. The van der Waals surface area contributed by atoms with Gasteiger partial charge in [0.2, 0.25) is 0 Å². The Balaban J connectivity index is 1.72. The van der Waals surface area contributed by atoms with Gasteiger partial charge in [0.15, 0.2) is 0 Å². The lowest BCUT2D eigenvalue weighted by atomic mass is 9.44. The molecule has 5 atom stereocenters. The number of hydrogen-bond acceptors (Lipinski definition) is 4. The van der Waals surface area contributed by atoms with Crippen LogP contribution in [0, 0.1) is 17.3 Å². The SMILES string of the molecule is C=C1CCC2CC1C21CO[C@]2(C=C(C)C(=O)O2)[C@H]1O. The molecule has 3 saturated carbocycles. The summed E-state index contributed by atoms with van der Waals surface area (Å²) in [6.07, 6.45) is 4.06. The van der Waals surface area contributed by atoms with Crippen LogP contribution in [0.3, 0.4) is 0 Å². The maximum absolute atomic E-state index is 11.6. The smallest absolute Gasteiger partial charge is 0.336 e. The Kier molecular flexibility index (Phi) is 2.03. The van der Waals surface area contributed by atoms with Crippen molar-refractivity contribution in [1.82, 2.24) is 0 Å². The molecule has 5 rings (SSSR count). The van der Waals surface area contributed by atoms with Gasteiger partial charge in [-0.25, -0.2) is 4.79 Å². The molecule has 2 heterocycles. The molecule has 19 heavy (non-hydrogen) atoms. The molecule has 4 fully saturated rings. The zero-order valence-corrected chi connectivity index (χ0v) is 11.0. The molecule has 0 aromatic carbocycles. The summed E-state index contributed by atoms with van der Waals surface area (Å²) in [5.74, 6) is -0.853. The molecule has 3 unspecified atom stereocenters. The van der Waals surface area contributed by atoms with Crippen molar-refractivity contribution in [3.8, 4) is 0 Å². The van der Waals surface area contributed by atoms with Crippen LogP contribution >= 0.6 is 0 Å². The van der Waals surface area contributed by atoms with E-state index in [2.05, 4.69) is 6.58 Å². The summed E-state index contributed by atoms with van der Waals surface area (Å²) in [6, 6.07) is 0. The molecule has 102 valence electrons.